The van der Waals surface area contributed by atoms with Crippen molar-refractivity contribution in [3.8, 4) is 0 Å². The minimum absolute atomic E-state index is 0.389. The molecule has 1 fully saturated rings. The third-order valence-corrected chi connectivity index (χ3v) is 3.23. The van der Waals surface area contributed by atoms with Gasteiger partial charge in [0.05, 0.1) is 0 Å². The normalized spacial score (nSPS) is 46.3. The van der Waals surface area contributed by atoms with E-state index in [1.165, 1.54) is 0 Å². The lowest BCUT2D eigenvalue weighted by molar-refractivity contribution is 0.834. The third-order valence-electron chi connectivity index (χ3n) is 1.86. The lowest BCUT2D eigenvalue weighted by atomic mass is 10.4. The van der Waals surface area contributed by atoms with Gasteiger partial charge in [-0.15, -0.1) is 23.2 Å². The molecule has 0 aromatic rings. The van der Waals surface area contributed by atoms with Gasteiger partial charge >= 0.3 is 0 Å². The van der Waals surface area contributed by atoms with Crippen LogP contribution < -0.4 is 0 Å². The first-order chi connectivity index (χ1) is 3.07. The minimum atomic E-state index is -0.389. The topological polar surface area (TPSA) is 0 Å². The highest BCUT2D eigenvalue weighted by Gasteiger charge is 2.56. The zero-order chi connectivity index (χ0) is 5.65. The molecule has 0 nitrogen and oxygen atoms in total. The molecule has 1 aliphatic carbocycles. The molecule has 0 amide bonds. The van der Waals surface area contributed by atoms with Crippen LogP contribution in [0.2, 0.25) is 0 Å². The van der Waals surface area contributed by atoms with Crippen LogP contribution in [-0.4, -0.2) is 4.33 Å². The Kier molecular flexibility index (Phi) is 1.06. The van der Waals surface area contributed by atoms with E-state index in [2.05, 4.69) is 13.8 Å². The Morgan fingerprint density at radius 3 is 1.29 bits per heavy atom. The molecule has 7 heavy (non-hydrogen) atoms. The molecule has 0 aliphatic heterocycles. The van der Waals surface area contributed by atoms with Gasteiger partial charge in [0.2, 0.25) is 0 Å². The lowest BCUT2D eigenvalue weighted by Gasteiger charge is -1.87. The average Bonchev–Trinajstić information content (AvgIpc) is 1.91. The fraction of sp³-hybridized carbons (Fsp3) is 1.00. The number of hydrogen-bond acceptors (Lipinski definition) is 0. The maximum absolute atomic E-state index is 5.71. The van der Waals surface area contributed by atoms with Crippen molar-refractivity contribution in [1.29, 1.82) is 0 Å². The van der Waals surface area contributed by atoms with E-state index < -0.39 is 0 Å². The summed E-state index contributed by atoms with van der Waals surface area (Å²) in [7, 11) is 0. The molecule has 2 heteroatoms. The monoisotopic (exact) mass is 138 g/mol. The molecule has 0 N–H and O–H groups in total. The van der Waals surface area contributed by atoms with E-state index in [1.54, 1.807) is 0 Å². The summed E-state index contributed by atoms with van der Waals surface area (Å²) < 4.78 is -0.389. The van der Waals surface area contributed by atoms with Crippen LogP contribution in [0.15, 0.2) is 0 Å². The molecule has 0 aromatic carbocycles. The SMILES string of the molecule is C[C@@H]1[C@@H](C)C1(Cl)Cl. The number of rotatable bonds is 0. The second kappa shape index (κ2) is 1.29. The van der Waals surface area contributed by atoms with Crippen molar-refractivity contribution in [2.45, 2.75) is 18.2 Å². The van der Waals surface area contributed by atoms with Crippen molar-refractivity contribution in [3.63, 3.8) is 0 Å². The Hall–Kier alpha value is 0.580. The number of halogens is 2. The molecule has 2 atom stereocenters. The Morgan fingerprint density at radius 1 is 1.14 bits per heavy atom. The summed E-state index contributed by atoms with van der Waals surface area (Å²) in [6.45, 7) is 4.12. The van der Waals surface area contributed by atoms with Gasteiger partial charge in [-0.25, -0.2) is 0 Å². The van der Waals surface area contributed by atoms with Crippen molar-refractivity contribution >= 4 is 23.2 Å². The molecule has 42 valence electrons. The molecule has 0 heterocycles. The Bertz CT molecular complexity index is 78.1. The van der Waals surface area contributed by atoms with Gasteiger partial charge in [0.15, 0.2) is 0 Å². The molecule has 0 saturated heterocycles. The summed E-state index contributed by atoms with van der Waals surface area (Å²) in [6.07, 6.45) is 0. The molecule has 0 radical (unpaired) electrons. The van der Waals surface area contributed by atoms with Crippen LogP contribution in [0, 0.1) is 11.8 Å². The van der Waals surface area contributed by atoms with Gasteiger partial charge in [-0.05, 0) is 11.8 Å². The van der Waals surface area contributed by atoms with E-state index in [0.717, 1.165) is 0 Å². The summed E-state index contributed by atoms with van der Waals surface area (Å²) in [6, 6.07) is 0. The van der Waals surface area contributed by atoms with Gasteiger partial charge in [0.1, 0.15) is 4.33 Å². The number of alkyl halides is 2. The van der Waals surface area contributed by atoms with Crippen molar-refractivity contribution in [3.05, 3.63) is 0 Å². The molecule has 1 rings (SSSR count). The van der Waals surface area contributed by atoms with Crippen molar-refractivity contribution in [2.75, 3.05) is 0 Å². The number of hydrogen-bond donors (Lipinski definition) is 0. The minimum Gasteiger partial charge on any atom is -0.101 e. The van der Waals surface area contributed by atoms with Gasteiger partial charge in [-0.3, -0.25) is 0 Å². The standard InChI is InChI=1S/C5H8Cl2/c1-3-4(2)5(3,6)7/h3-4H,1-2H3/t3-,4-/m1/s1. The highest BCUT2D eigenvalue weighted by molar-refractivity contribution is 6.51. The van der Waals surface area contributed by atoms with Crippen LogP contribution in [0.25, 0.3) is 0 Å². The molecule has 0 aromatic heterocycles. The predicted molar refractivity (Wildman–Crippen MR) is 32.8 cm³/mol. The first-order valence-corrected chi connectivity index (χ1v) is 3.20. The van der Waals surface area contributed by atoms with Crippen LogP contribution in [0.1, 0.15) is 13.8 Å². The van der Waals surface area contributed by atoms with Crippen LogP contribution in [0.5, 0.6) is 0 Å². The molecule has 1 aliphatic rings. The Labute approximate surface area is 53.8 Å². The lowest BCUT2D eigenvalue weighted by Crippen LogP contribution is -1.85. The van der Waals surface area contributed by atoms with Gasteiger partial charge in [-0.1, -0.05) is 13.8 Å². The first-order valence-electron chi connectivity index (χ1n) is 2.44. The van der Waals surface area contributed by atoms with Gasteiger partial charge in [0.25, 0.3) is 0 Å². The van der Waals surface area contributed by atoms with Crippen LogP contribution in [0.4, 0.5) is 0 Å². The van der Waals surface area contributed by atoms with E-state index in [1.807, 2.05) is 0 Å². The molecular formula is C5H8Cl2. The van der Waals surface area contributed by atoms with E-state index in [9.17, 15) is 0 Å². The zero-order valence-electron chi connectivity index (χ0n) is 4.41. The zero-order valence-corrected chi connectivity index (χ0v) is 5.92. The largest absolute Gasteiger partial charge is 0.124 e. The van der Waals surface area contributed by atoms with Crippen LogP contribution in [-0.2, 0) is 0 Å². The van der Waals surface area contributed by atoms with E-state index >= 15 is 0 Å². The van der Waals surface area contributed by atoms with Crippen molar-refractivity contribution in [1.82, 2.24) is 0 Å². The second-order valence-corrected chi connectivity index (χ2v) is 3.70. The third kappa shape index (κ3) is 0.649. The fourth-order valence-electron chi connectivity index (χ4n) is 0.674. The first kappa shape index (κ1) is 5.71. The Balaban J connectivity index is 2.52. The molecule has 0 bridgehead atoms. The van der Waals surface area contributed by atoms with Gasteiger partial charge in [-0.2, -0.15) is 0 Å². The van der Waals surface area contributed by atoms with Crippen molar-refractivity contribution in [2.24, 2.45) is 11.8 Å². The van der Waals surface area contributed by atoms with Crippen LogP contribution >= 0.6 is 23.2 Å². The summed E-state index contributed by atoms with van der Waals surface area (Å²) >= 11 is 11.4. The van der Waals surface area contributed by atoms with Crippen molar-refractivity contribution < 1.29 is 0 Å². The fourth-order valence-corrected chi connectivity index (χ4v) is 1.30. The predicted octanol–water partition coefficient (Wildman–Crippen LogP) is 2.45. The summed E-state index contributed by atoms with van der Waals surface area (Å²) in [5.41, 5.74) is 0. The summed E-state index contributed by atoms with van der Waals surface area (Å²) in [5.74, 6) is 0.992. The van der Waals surface area contributed by atoms with E-state index in [-0.39, 0.29) is 4.33 Å². The highest BCUT2D eigenvalue weighted by Crippen LogP contribution is 2.58. The highest BCUT2D eigenvalue weighted by atomic mass is 35.5. The molecule has 0 unspecified atom stereocenters. The summed E-state index contributed by atoms with van der Waals surface area (Å²) in [4.78, 5) is 0. The van der Waals surface area contributed by atoms with Crippen LogP contribution in [0.3, 0.4) is 0 Å². The van der Waals surface area contributed by atoms with Gasteiger partial charge < -0.3 is 0 Å². The molecular weight excluding hydrogens is 131 g/mol. The quantitative estimate of drug-likeness (QED) is 0.452. The maximum Gasteiger partial charge on any atom is 0.124 e. The Morgan fingerprint density at radius 2 is 1.29 bits per heavy atom. The second-order valence-electron chi connectivity index (χ2n) is 2.25. The maximum atomic E-state index is 5.71. The summed E-state index contributed by atoms with van der Waals surface area (Å²) in [5, 5.41) is 0. The molecule has 0 spiro atoms. The van der Waals surface area contributed by atoms with Gasteiger partial charge in [0, 0.05) is 0 Å². The average molecular weight is 139 g/mol. The smallest absolute Gasteiger partial charge is 0.101 e. The molecule has 1 saturated carbocycles. The van der Waals surface area contributed by atoms with E-state index in [4.69, 9.17) is 23.2 Å². The van der Waals surface area contributed by atoms with E-state index in [0.29, 0.717) is 11.8 Å².